The highest BCUT2D eigenvalue weighted by Crippen LogP contribution is 2.24. The van der Waals surface area contributed by atoms with Crippen LogP contribution in [0.25, 0.3) is 0 Å². The molecule has 0 fully saturated rings. The van der Waals surface area contributed by atoms with Crippen LogP contribution < -0.4 is 15.4 Å². The molecule has 1 aromatic heterocycles. The number of amides is 2. The Morgan fingerprint density at radius 3 is 2.19 bits per heavy atom. The number of methoxy groups -OCH3 is 1. The van der Waals surface area contributed by atoms with Crippen molar-refractivity contribution in [1.29, 1.82) is 0 Å². The second kappa shape index (κ2) is 8.03. The molecule has 2 amide bonds. The van der Waals surface area contributed by atoms with Crippen molar-refractivity contribution in [2.24, 2.45) is 0 Å². The molecule has 0 aliphatic heterocycles. The number of ether oxygens (including phenoxy) is 1. The van der Waals surface area contributed by atoms with Crippen molar-refractivity contribution in [1.82, 2.24) is 0 Å². The average molecular weight is 387 g/mol. The van der Waals surface area contributed by atoms with E-state index in [4.69, 9.17) is 16.3 Å². The Bertz CT molecular complexity index is 924. The van der Waals surface area contributed by atoms with Gasteiger partial charge in [-0.25, -0.2) is 0 Å². The zero-order valence-corrected chi connectivity index (χ0v) is 15.4. The van der Waals surface area contributed by atoms with Gasteiger partial charge in [0.2, 0.25) is 0 Å². The number of benzene rings is 2. The van der Waals surface area contributed by atoms with E-state index in [0.717, 1.165) is 0 Å². The fourth-order valence-corrected chi connectivity index (χ4v) is 3.08. The van der Waals surface area contributed by atoms with Crippen molar-refractivity contribution in [3.8, 4) is 5.75 Å². The first kappa shape index (κ1) is 18.0. The number of halogens is 1. The number of carbonyl (C=O) groups is 2. The van der Waals surface area contributed by atoms with E-state index < -0.39 is 0 Å². The number of hydrogen-bond donors (Lipinski definition) is 2. The standard InChI is InChI=1S/C19H15ClN2O3S/c1-25-16-9-4-12(20)11-15(16)18(23)21-13-5-7-14(8-6-13)22-19(24)17-3-2-10-26-17/h2-11H,1H3,(H,21,23)(H,22,24). The van der Waals surface area contributed by atoms with Crippen molar-refractivity contribution < 1.29 is 14.3 Å². The summed E-state index contributed by atoms with van der Waals surface area (Å²) in [5.41, 5.74) is 1.57. The monoisotopic (exact) mass is 386 g/mol. The third-order valence-corrected chi connectivity index (χ3v) is 4.66. The van der Waals surface area contributed by atoms with E-state index in [9.17, 15) is 9.59 Å². The fraction of sp³-hybridized carbons (Fsp3) is 0.0526. The van der Waals surface area contributed by atoms with Crippen LogP contribution in [0.1, 0.15) is 20.0 Å². The molecule has 7 heteroatoms. The van der Waals surface area contributed by atoms with Crippen LogP contribution in [-0.4, -0.2) is 18.9 Å². The first-order chi connectivity index (χ1) is 12.6. The number of carbonyl (C=O) groups excluding carboxylic acids is 2. The summed E-state index contributed by atoms with van der Waals surface area (Å²) in [4.78, 5) is 25.1. The maximum absolute atomic E-state index is 12.4. The van der Waals surface area contributed by atoms with Gasteiger partial charge >= 0.3 is 0 Å². The minimum atomic E-state index is -0.334. The van der Waals surface area contributed by atoms with Gasteiger partial charge in [-0.1, -0.05) is 17.7 Å². The highest BCUT2D eigenvalue weighted by Gasteiger charge is 2.13. The molecule has 0 bridgehead atoms. The number of rotatable bonds is 5. The topological polar surface area (TPSA) is 67.4 Å². The lowest BCUT2D eigenvalue weighted by Gasteiger charge is -2.10. The Labute approximate surface area is 159 Å². The van der Waals surface area contributed by atoms with E-state index in [1.54, 1.807) is 48.5 Å². The van der Waals surface area contributed by atoms with Crippen LogP contribution >= 0.6 is 22.9 Å². The molecule has 132 valence electrons. The Morgan fingerprint density at radius 2 is 1.62 bits per heavy atom. The summed E-state index contributed by atoms with van der Waals surface area (Å²) in [7, 11) is 1.49. The second-order valence-electron chi connectivity index (χ2n) is 5.31. The highest BCUT2D eigenvalue weighted by molar-refractivity contribution is 7.12. The van der Waals surface area contributed by atoms with Crippen LogP contribution in [-0.2, 0) is 0 Å². The molecule has 0 radical (unpaired) electrons. The minimum Gasteiger partial charge on any atom is -0.496 e. The van der Waals surface area contributed by atoms with Gasteiger partial charge in [-0.3, -0.25) is 9.59 Å². The number of anilines is 2. The predicted molar refractivity (Wildman–Crippen MR) is 105 cm³/mol. The summed E-state index contributed by atoms with van der Waals surface area (Å²) in [6.07, 6.45) is 0. The zero-order chi connectivity index (χ0) is 18.5. The van der Waals surface area contributed by atoms with Crippen LogP contribution in [0, 0.1) is 0 Å². The molecule has 3 aromatic rings. The fourth-order valence-electron chi connectivity index (χ4n) is 2.29. The molecular formula is C19H15ClN2O3S. The molecule has 0 saturated heterocycles. The quantitative estimate of drug-likeness (QED) is 0.654. The van der Waals surface area contributed by atoms with Gasteiger partial charge in [0.05, 0.1) is 17.6 Å². The summed E-state index contributed by atoms with van der Waals surface area (Å²) in [5, 5.41) is 7.88. The van der Waals surface area contributed by atoms with Crippen molar-refractivity contribution in [2.45, 2.75) is 0 Å². The van der Waals surface area contributed by atoms with Gasteiger partial charge in [-0.2, -0.15) is 0 Å². The summed E-state index contributed by atoms with van der Waals surface area (Å²) in [5.74, 6) is -0.0631. The third-order valence-electron chi connectivity index (χ3n) is 3.55. The average Bonchev–Trinajstić information content (AvgIpc) is 3.18. The molecule has 3 rings (SSSR count). The van der Waals surface area contributed by atoms with Gasteiger partial charge in [-0.05, 0) is 53.9 Å². The molecule has 0 aliphatic rings. The molecular weight excluding hydrogens is 372 g/mol. The van der Waals surface area contributed by atoms with Gasteiger partial charge < -0.3 is 15.4 Å². The lowest BCUT2D eigenvalue weighted by molar-refractivity contribution is 0.101. The summed E-state index contributed by atoms with van der Waals surface area (Å²) < 4.78 is 5.19. The van der Waals surface area contributed by atoms with Gasteiger partial charge in [0, 0.05) is 16.4 Å². The van der Waals surface area contributed by atoms with E-state index in [-0.39, 0.29) is 11.8 Å². The first-order valence-electron chi connectivity index (χ1n) is 7.66. The van der Waals surface area contributed by atoms with Gasteiger partial charge in [-0.15, -0.1) is 11.3 Å². The van der Waals surface area contributed by atoms with Crippen molar-refractivity contribution in [3.63, 3.8) is 0 Å². The van der Waals surface area contributed by atoms with Crippen molar-refractivity contribution >= 4 is 46.1 Å². The molecule has 2 N–H and O–H groups in total. The Balaban J connectivity index is 1.68. The van der Waals surface area contributed by atoms with Gasteiger partial charge in [0.1, 0.15) is 5.75 Å². The Morgan fingerprint density at radius 1 is 0.962 bits per heavy atom. The molecule has 0 atom stereocenters. The lowest BCUT2D eigenvalue weighted by atomic mass is 10.1. The van der Waals surface area contributed by atoms with E-state index in [2.05, 4.69) is 10.6 Å². The number of thiophene rings is 1. The second-order valence-corrected chi connectivity index (χ2v) is 6.69. The van der Waals surface area contributed by atoms with Crippen LogP contribution in [0.15, 0.2) is 60.0 Å². The molecule has 5 nitrogen and oxygen atoms in total. The summed E-state index contributed by atoms with van der Waals surface area (Å²) >= 11 is 7.33. The normalized spacial score (nSPS) is 10.2. The largest absolute Gasteiger partial charge is 0.496 e. The minimum absolute atomic E-state index is 0.166. The molecule has 0 unspecified atom stereocenters. The van der Waals surface area contributed by atoms with Crippen LogP contribution in [0.2, 0.25) is 5.02 Å². The predicted octanol–water partition coefficient (Wildman–Crippen LogP) is 4.91. The van der Waals surface area contributed by atoms with E-state index >= 15 is 0 Å². The van der Waals surface area contributed by atoms with Crippen molar-refractivity contribution in [2.75, 3.05) is 17.7 Å². The Kier molecular flexibility index (Phi) is 5.55. The highest BCUT2D eigenvalue weighted by atomic mass is 35.5. The van der Waals surface area contributed by atoms with Crippen LogP contribution in [0.3, 0.4) is 0 Å². The number of hydrogen-bond acceptors (Lipinski definition) is 4. The smallest absolute Gasteiger partial charge is 0.265 e. The molecule has 0 spiro atoms. The van der Waals surface area contributed by atoms with E-state index in [1.165, 1.54) is 18.4 Å². The first-order valence-corrected chi connectivity index (χ1v) is 8.92. The molecule has 0 saturated carbocycles. The SMILES string of the molecule is COc1ccc(Cl)cc1C(=O)Nc1ccc(NC(=O)c2cccs2)cc1. The molecule has 26 heavy (non-hydrogen) atoms. The zero-order valence-electron chi connectivity index (χ0n) is 13.8. The molecule has 1 heterocycles. The van der Waals surface area contributed by atoms with Crippen molar-refractivity contribution in [3.05, 3.63) is 75.4 Å². The van der Waals surface area contributed by atoms with Crippen LogP contribution in [0.4, 0.5) is 11.4 Å². The van der Waals surface area contributed by atoms with E-state index in [0.29, 0.717) is 32.6 Å². The molecule has 0 aliphatic carbocycles. The lowest BCUT2D eigenvalue weighted by Crippen LogP contribution is -2.13. The Hall–Kier alpha value is -2.83. The van der Waals surface area contributed by atoms with Crippen LogP contribution in [0.5, 0.6) is 5.75 Å². The summed E-state index contributed by atoms with van der Waals surface area (Å²) in [6, 6.07) is 15.3. The number of nitrogens with one attached hydrogen (secondary N) is 2. The third kappa shape index (κ3) is 4.22. The van der Waals surface area contributed by atoms with Gasteiger partial charge in [0.25, 0.3) is 11.8 Å². The van der Waals surface area contributed by atoms with E-state index in [1.807, 2.05) is 11.4 Å². The summed E-state index contributed by atoms with van der Waals surface area (Å²) in [6.45, 7) is 0. The maximum atomic E-state index is 12.4. The molecule has 2 aromatic carbocycles. The van der Waals surface area contributed by atoms with Gasteiger partial charge in [0.15, 0.2) is 0 Å². The maximum Gasteiger partial charge on any atom is 0.265 e.